The molecule has 2 aromatic rings. The van der Waals surface area contributed by atoms with Gasteiger partial charge in [-0.1, -0.05) is 46.6 Å². The molecule has 0 aliphatic heterocycles. The van der Waals surface area contributed by atoms with Crippen molar-refractivity contribution in [3.05, 3.63) is 41.6 Å². The van der Waals surface area contributed by atoms with Crippen LogP contribution in [-0.2, 0) is 0 Å². The number of amides is 1. The molecular formula is C13H12Cl3N3O2S. The first-order valence-corrected chi connectivity index (χ1v) is 8.17. The van der Waals surface area contributed by atoms with Crippen LogP contribution >= 0.6 is 46.6 Å². The second kappa shape index (κ2) is 7.08. The van der Waals surface area contributed by atoms with E-state index >= 15 is 0 Å². The maximum Gasteiger partial charge on any atom is 0.287 e. The number of aryl methyl sites for hydroxylation is 2. The molecule has 9 heteroatoms. The van der Waals surface area contributed by atoms with Crippen molar-refractivity contribution in [3.63, 3.8) is 0 Å². The third kappa shape index (κ3) is 4.78. The maximum atomic E-state index is 12.1. The molecule has 2 aromatic heterocycles. The monoisotopic (exact) mass is 379 g/mol. The van der Waals surface area contributed by atoms with Gasteiger partial charge in [0.2, 0.25) is 3.79 Å². The minimum Gasteiger partial charge on any atom is -0.459 e. The van der Waals surface area contributed by atoms with Crippen molar-refractivity contribution in [2.75, 3.05) is 0 Å². The Bertz CT molecular complexity index is 639. The number of thioether (sulfide) groups is 1. The van der Waals surface area contributed by atoms with Gasteiger partial charge in [0.05, 0.1) is 6.26 Å². The molecular weight excluding hydrogens is 369 g/mol. The van der Waals surface area contributed by atoms with Crippen molar-refractivity contribution in [2.24, 2.45) is 0 Å². The molecule has 0 saturated heterocycles. The Hall–Kier alpha value is -0.950. The van der Waals surface area contributed by atoms with Gasteiger partial charge in [-0.2, -0.15) is 0 Å². The maximum absolute atomic E-state index is 12.1. The van der Waals surface area contributed by atoms with Crippen LogP contribution in [0, 0.1) is 13.8 Å². The fourth-order valence-electron chi connectivity index (χ4n) is 1.63. The summed E-state index contributed by atoms with van der Waals surface area (Å²) in [6.45, 7) is 3.68. The molecule has 0 fully saturated rings. The smallest absolute Gasteiger partial charge is 0.287 e. The Morgan fingerprint density at radius 1 is 1.32 bits per heavy atom. The average Bonchev–Trinajstić information content (AvgIpc) is 2.89. The first-order valence-electron chi connectivity index (χ1n) is 6.16. The third-order valence-corrected chi connectivity index (χ3v) is 4.63. The number of halogens is 3. The number of aromatic nitrogens is 2. The highest BCUT2D eigenvalue weighted by molar-refractivity contribution is 8.00. The van der Waals surface area contributed by atoms with E-state index in [1.807, 2.05) is 19.9 Å². The van der Waals surface area contributed by atoms with Crippen molar-refractivity contribution in [3.8, 4) is 0 Å². The SMILES string of the molecule is Cc1cc(C)nc(SC(NC(=O)c2ccco2)C(Cl)(Cl)Cl)n1. The number of nitrogens with one attached hydrogen (secondary N) is 1. The van der Waals surface area contributed by atoms with Crippen LogP contribution in [0.1, 0.15) is 21.9 Å². The van der Waals surface area contributed by atoms with Crippen molar-refractivity contribution >= 4 is 52.5 Å². The number of furan rings is 1. The second-order valence-electron chi connectivity index (χ2n) is 4.42. The summed E-state index contributed by atoms with van der Waals surface area (Å²) in [4.78, 5) is 20.6. The molecule has 1 amide bonds. The van der Waals surface area contributed by atoms with Gasteiger partial charge in [0.15, 0.2) is 10.9 Å². The normalized spacial score (nSPS) is 13.0. The molecule has 2 heterocycles. The van der Waals surface area contributed by atoms with Gasteiger partial charge in [-0.15, -0.1) is 0 Å². The van der Waals surface area contributed by atoms with Crippen LogP contribution < -0.4 is 5.32 Å². The first kappa shape index (κ1) is 17.4. The molecule has 0 spiro atoms. The van der Waals surface area contributed by atoms with E-state index in [1.54, 1.807) is 6.07 Å². The Morgan fingerprint density at radius 3 is 2.45 bits per heavy atom. The van der Waals surface area contributed by atoms with E-state index in [9.17, 15) is 4.79 Å². The summed E-state index contributed by atoms with van der Waals surface area (Å²) < 4.78 is 3.27. The lowest BCUT2D eigenvalue weighted by Gasteiger charge is -2.23. The zero-order valence-electron chi connectivity index (χ0n) is 11.6. The molecule has 0 saturated carbocycles. The van der Waals surface area contributed by atoms with Crippen molar-refractivity contribution in [1.82, 2.24) is 15.3 Å². The molecule has 0 aliphatic rings. The summed E-state index contributed by atoms with van der Waals surface area (Å²) >= 11 is 18.9. The van der Waals surface area contributed by atoms with E-state index in [1.165, 1.54) is 12.3 Å². The van der Waals surface area contributed by atoms with Crippen molar-refractivity contribution in [1.29, 1.82) is 0 Å². The molecule has 118 valence electrons. The van der Waals surface area contributed by atoms with Crippen LogP contribution in [-0.4, -0.2) is 25.0 Å². The van der Waals surface area contributed by atoms with Gasteiger partial charge in [-0.25, -0.2) is 9.97 Å². The zero-order chi connectivity index (χ0) is 16.3. The van der Waals surface area contributed by atoms with Gasteiger partial charge in [0, 0.05) is 11.4 Å². The number of nitrogens with zero attached hydrogens (tertiary/aromatic N) is 2. The Morgan fingerprint density at radius 2 is 1.95 bits per heavy atom. The molecule has 22 heavy (non-hydrogen) atoms. The molecule has 5 nitrogen and oxygen atoms in total. The number of carbonyl (C=O) groups excluding carboxylic acids is 1. The quantitative estimate of drug-likeness (QED) is 0.377. The van der Waals surface area contributed by atoms with Crippen LogP contribution in [0.2, 0.25) is 0 Å². The first-order chi connectivity index (χ1) is 10.3. The third-order valence-electron chi connectivity index (χ3n) is 2.49. The number of hydrogen-bond donors (Lipinski definition) is 1. The summed E-state index contributed by atoms with van der Waals surface area (Å²) in [7, 11) is 0. The fraction of sp³-hybridized carbons (Fsp3) is 0.308. The van der Waals surface area contributed by atoms with Crippen LogP contribution in [0.5, 0.6) is 0 Å². The van der Waals surface area contributed by atoms with Gasteiger partial charge in [-0.05, 0) is 32.0 Å². The Balaban J connectivity index is 2.18. The van der Waals surface area contributed by atoms with E-state index in [4.69, 9.17) is 39.2 Å². The largest absolute Gasteiger partial charge is 0.459 e. The number of alkyl halides is 3. The lowest BCUT2D eigenvalue weighted by Crippen LogP contribution is -2.41. The minimum absolute atomic E-state index is 0.126. The van der Waals surface area contributed by atoms with E-state index < -0.39 is 15.1 Å². The topological polar surface area (TPSA) is 68.0 Å². The van der Waals surface area contributed by atoms with Gasteiger partial charge in [-0.3, -0.25) is 4.79 Å². The Labute approximate surface area is 146 Å². The highest BCUT2D eigenvalue weighted by Gasteiger charge is 2.36. The van der Waals surface area contributed by atoms with Crippen LogP contribution in [0.4, 0.5) is 0 Å². The zero-order valence-corrected chi connectivity index (χ0v) is 14.7. The average molecular weight is 381 g/mol. The standard InChI is InChI=1S/C13H12Cl3N3O2S/c1-7-6-8(2)18-12(17-7)22-11(13(14,15)16)19-10(20)9-4-3-5-21-9/h3-6,11H,1-2H3,(H,19,20). The van der Waals surface area contributed by atoms with Crippen LogP contribution in [0.25, 0.3) is 0 Å². The number of rotatable bonds is 4. The molecule has 2 rings (SSSR count). The fourth-order valence-corrected chi connectivity index (χ4v) is 3.10. The summed E-state index contributed by atoms with van der Waals surface area (Å²) in [5.41, 5.74) is 1.57. The van der Waals surface area contributed by atoms with Gasteiger partial charge >= 0.3 is 0 Å². The summed E-state index contributed by atoms with van der Waals surface area (Å²) in [5.74, 6) is -0.362. The van der Waals surface area contributed by atoms with Gasteiger partial charge < -0.3 is 9.73 Å². The molecule has 1 atom stereocenters. The van der Waals surface area contributed by atoms with Gasteiger partial charge in [0.25, 0.3) is 5.91 Å². The van der Waals surface area contributed by atoms with E-state index in [0.29, 0.717) is 5.16 Å². The van der Waals surface area contributed by atoms with Crippen LogP contribution in [0.3, 0.4) is 0 Å². The van der Waals surface area contributed by atoms with Crippen LogP contribution in [0.15, 0.2) is 34.0 Å². The highest BCUT2D eigenvalue weighted by Crippen LogP contribution is 2.38. The summed E-state index contributed by atoms with van der Waals surface area (Å²) in [6, 6.07) is 4.94. The van der Waals surface area contributed by atoms with E-state index in [0.717, 1.165) is 23.1 Å². The second-order valence-corrected chi connectivity index (χ2v) is 7.86. The predicted octanol–water partition coefficient (Wildman–Crippen LogP) is 3.90. The molecule has 0 aliphatic carbocycles. The molecule has 0 aromatic carbocycles. The molecule has 1 N–H and O–H groups in total. The highest BCUT2D eigenvalue weighted by atomic mass is 35.6. The molecule has 1 unspecified atom stereocenters. The summed E-state index contributed by atoms with van der Waals surface area (Å²) in [5, 5.41) is 2.13. The van der Waals surface area contributed by atoms with Gasteiger partial charge in [0.1, 0.15) is 5.37 Å². The number of hydrogen-bond acceptors (Lipinski definition) is 5. The predicted molar refractivity (Wildman–Crippen MR) is 87.6 cm³/mol. The molecule has 0 radical (unpaired) electrons. The molecule has 0 bridgehead atoms. The van der Waals surface area contributed by atoms with Crippen molar-refractivity contribution in [2.45, 2.75) is 28.2 Å². The lowest BCUT2D eigenvalue weighted by molar-refractivity contribution is 0.0922. The van der Waals surface area contributed by atoms with E-state index in [-0.39, 0.29) is 5.76 Å². The lowest BCUT2D eigenvalue weighted by atomic mass is 10.4. The summed E-state index contributed by atoms with van der Waals surface area (Å²) in [6.07, 6.45) is 1.39. The van der Waals surface area contributed by atoms with Crippen molar-refractivity contribution < 1.29 is 9.21 Å². The minimum atomic E-state index is -1.74. The Kier molecular flexibility index (Phi) is 5.60. The van der Waals surface area contributed by atoms with E-state index in [2.05, 4.69) is 15.3 Å². The number of carbonyl (C=O) groups is 1.